The molecule has 1 saturated heterocycles. The summed E-state index contributed by atoms with van der Waals surface area (Å²) in [7, 11) is 2.97. The van der Waals surface area contributed by atoms with Gasteiger partial charge in [-0.1, -0.05) is 0 Å². The van der Waals surface area contributed by atoms with Crippen LogP contribution in [0.15, 0.2) is 0 Å². The van der Waals surface area contributed by atoms with Gasteiger partial charge in [0.1, 0.15) is 11.6 Å². The molecular weight excluding hydrogens is 226 g/mol. The van der Waals surface area contributed by atoms with Gasteiger partial charge in [-0.2, -0.15) is 0 Å². The Morgan fingerprint density at radius 1 is 1.41 bits per heavy atom. The monoisotopic (exact) mass is 247 g/mol. The summed E-state index contributed by atoms with van der Waals surface area (Å²) in [4.78, 5) is 13.2. The quantitative estimate of drug-likeness (QED) is 0.739. The van der Waals surface area contributed by atoms with Gasteiger partial charge in [0.2, 0.25) is 5.79 Å². The lowest BCUT2D eigenvalue weighted by Crippen LogP contribution is -2.74. The van der Waals surface area contributed by atoms with Crippen molar-refractivity contribution in [3.8, 4) is 0 Å². The lowest BCUT2D eigenvalue weighted by Gasteiger charge is -2.53. The van der Waals surface area contributed by atoms with Gasteiger partial charge in [0.05, 0.1) is 13.2 Å². The molecule has 1 amide bonds. The third kappa shape index (κ3) is 2.70. The normalized spacial score (nSPS) is 23.2. The van der Waals surface area contributed by atoms with Crippen LogP contribution in [0, 0.1) is 0 Å². The van der Waals surface area contributed by atoms with Crippen molar-refractivity contribution in [3.63, 3.8) is 0 Å². The van der Waals surface area contributed by atoms with Crippen molar-refractivity contribution in [2.24, 2.45) is 0 Å². The summed E-state index contributed by atoms with van der Waals surface area (Å²) in [6.07, 6.45) is -0.471. The van der Waals surface area contributed by atoms with Crippen LogP contribution in [-0.4, -0.2) is 60.9 Å². The van der Waals surface area contributed by atoms with Gasteiger partial charge in [-0.05, 0) is 20.8 Å². The van der Waals surface area contributed by atoms with Gasteiger partial charge >= 0.3 is 6.09 Å². The molecule has 0 saturated carbocycles. The topological polar surface area (TPSA) is 68.2 Å². The van der Waals surface area contributed by atoms with Gasteiger partial charge in [0.15, 0.2) is 0 Å². The third-order valence-corrected chi connectivity index (χ3v) is 2.77. The van der Waals surface area contributed by atoms with Gasteiger partial charge in [-0.15, -0.1) is 0 Å². The fourth-order valence-electron chi connectivity index (χ4n) is 1.81. The van der Waals surface area contributed by atoms with Gasteiger partial charge in [0.25, 0.3) is 0 Å². The Labute approximate surface area is 101 Å². The van der Waals surface area contributed by atoms with E-state index in [0.717, 1.165) is 0 Å². The van der Waals surface area contributed by atoms with Crippen LogP contribution in [0.5, 0.6) is 0 Å². The maximum absolute atomic E-state index is 11.8. The predicted molar refractivity (Wildman–Crippen MR) is 60.6 cm³/mol. The van der Waals surface area contributed by atoms with Crippen LogP contribution in [0.4, 0.5) is 4.79 Å². The standard InChI is InChI=1S/C11H21NO5/c1-10(2,3)17-9(14)12-7-11(15-4,16-5)8(12)6-13/h8,13H,6-7H2,1-5H3. The molecule has 0 radical (unpaired) electrons. The lowest BCUT2D eigenvalue weighted by molar-refractivity contribution is -0.306. The first-order valence-electron chi connectivity index (χ1n) is 5.50. The molecule has 1 rings (SSSR count). The average molecular weight is 247 g/mol. The Hall–Kier alpha value is -0.850. The van der Waals surface area contributed by atoms with Gasteiger partial charge in [-0.25, -0.2) is 4.79 Å². The molecule has 1 fully saturated rings. The first kappa shape index (κ1) is 14.2. The van der Waals surface area contributed by atoms with Crippen LogP contribution in [0.25, 0.3) is 0 Å². The Balaban J connectivity index is 2.67. The van der Waals surface area contributed by atoms with E-state index in [-0.39, 0.29) is 13.2 Å². The lowest BCUT2D eigenvalue weighted by atomic mass is 9.96. The first-order valence-corrected chi connectivity index (χ1v) is 5.50. The summed E-state index contributed by atoms with van der Waals surface area (Å²) in [5.74, 6) is -0.925. The highest BCUT2D eigenvalue weighted by molar-refractivity contribution is 5.70. The van der Waals surface area contributed by atoms with Crippen LogP contribution in [0.2, 0.25) is 0 Å². The Morgan fingerprint density at radius 3 is 2.29 bits per heavy atom. The number of rotatable bonds is 3. The Kier molecular flexibility index (Phi) is 4.01. The number of aliphatic hydroxyl groups is 1. The largest absolute Gasteiger partial charge is 0.444 e. The number of nitrogens with zero attached hydrogens (tertiary/aromatic N) is 1. The van der Waals surface area contributed by atoms with E-state index in [0.29, 0.717) is 0 Å². The van der Waals surface area contributed by atoms with Crippen molar-refractivity contribution < 1.29 is 24.1 Å². The molecule has 1 atom stereocenters. The van der Waals surface area contributed by atoms with E-state index in [9.17, 15) is 9.90 Å². The second kappa shape index (κ2) is 4.80. The van der Waals surface area contributed by atoms with E-state index in [4.69, 9.17) is 14.2 Å². The number of carbonyl (C=O) groups is 1. The SMILES string of the molecule is COC1(OC)CN(C(=O)OC(C)(C)C)C1CO. The smallest absolute Gasteiger partial charge is 0.410 e. The summed E-state index contributed by atoms with van der Waals surface area (Å²) >= 11 is 0. The number of aliphatic hydroxyl groups excluding tert-OH is 1. The fourth-order valence-corrected chi connectivity index (χ4v) is 1.81. The van der Waals surface area contributed by atoms with E-state index >= 15 is 0 Å². The highest BCUT2D eigenvalue weighted by Gasteiger charge is 2.56. The van der Waals surface area contributed by atoms with Crippen LogP contribution < -0.4 is 0 Å². The highest BCUT2D eigenvalue weighted by Crippen LogP contribution is 2.34. The van der Waals surface area contributed by atoms with E-state index in [1.54, 1.807) is 20.8 Å². The Morgan fingerprint density at radius 2 is 1.94 bits per heavy atom. The number of likely N-dealkylation sites (tertiary alicyclic amines) is 1. The maximum Gasteiger partial charge on any atom is 0.410 e. The summed E-state index contributed by atoms with van der Waals surface area (Å²) in [5.41, 5.74) is -0.560. The molecular formula is C11H21NO5. The van der Waals surface area contributed by atoms with Gasteiger partial charge in [-0.3, -0.25) is 4.90 Å². The van der Waals surface area contributed by atoms with Crippen molar-refractivity contribution >= 4 is 6.09 Å². The number of hydrogen-bond donors (Lipinski definition) is 1. The van der Waals surface area contributed by atoms with Gasteiger partial charge < -0.3 is 19.3 Å². The molecule has 1 unspecified atom stereocenters. The number of ether oxygens (including phenoxy) is 3. The summed E-state index contributed by atoms with van der Waals surface area (Å²) in [6.45, 7) is 5.39. The van der Waals surface area contributed by atoms with Crippen molar-refractivity contribution in [2.45, 2.75) is 38.2 Å². The zero-order chi connectivity index (χ0) is 13.3. The molecule has 1 aliphatic heterocycles. The first-order chi connectivity index (χ1) is 7.79. The zero-order valence-corrected chi connectivity index (χ0v) is 11.0. The third-order valence-electron chi connectivity index (χ3n) is 2.77. The molecule has 100 valence electrons. The number of amides is 1. The summed E-state index contributed by atoms with van der Waals surface area (Å²) in [6, 6.07) is -0.535. The van der Waals surface area contributed by atoms with Gasteiger partial charge in [0, 0.05) is 14.2 Å². The fraction of sp³-hybridized carbons (Fsp3) is 0.909. The molecule has 0 aliphatic carbocycles. The number of carbonyl (C=O) groups excluding carboxylic acids is 1. The van der Waals surface area contributed by atoms with E-state index in [2.05, 4.69) is 0 Å². The molecule has 6 heteroatoms. The van der Waals surface area contributed by atoms with Crippen LogP contribution in [0.1, 0.15) is 20.8 Å². The molecule has 0 aromatic carbocycles. The van der Waals surface area contributed by atoms with Crippen molar-refractivity contribution in [1.82, 2.24) is 4.90 Å². The summed E-state index contributed by atoms with van der Waals surface area (Å²) in [5, 5.41) is 9.29. The second-order valence-corrected chi connectivity index (χ2v) is 5.03. The maximum atomic E-state index is 11.8. The molecule has 17 heavy (non-hydrogen) atoms. The molecule has 0 bridgehead atoms. The molecule has 1 aliphatic rings. The predicted octanol–water partition coefficient (Wildman–Crippen LogP) is 0.587. The summed E-state index contributed by atoms with van der Waals surface area (Å²) < 4.78 is 15.6. The number of methoxy groups -OCH3 is 2. The average Bonchev–Trinajstić information content (AvgIpc) is 2.16. The van der Waals surface area contributed by atoms with Crippen LogP contribution in [-0.2, 0) is 14.2 Å². The number of hydrogen-bond acceptors (Lipinski definition) is 5. The van der Waals surface area contributed by atoms with E-state index in [1.807, 2.05) is 0 Å². The van der Waals surface area contributed by atoms with Crippen molar-refractivity contribution in [1.29, 1.82) is 0 Å². The minimum atomic E-state index is -0.925. The minimum Gasteiger partial charge on any atom is -0.444 e. The molecule has 1 N–H and O–H groups in total. The van der Waals surface area contributed by atoms with Crippen LogP contribution >= 0.6 is 0 Å². The van der Waals surface area contributed by atoms with E-state index < -0.39 is 23.5 Å². The molecule has 0 aromatic heterocycles. The van der Waals surface area contributed by atoms with E-state index in [1.165, 1.54) is 19.1 Å². The van der Waals surface area contributed by atoms with Crippen molar-refractivity contribution in [2.75, 3.05) is 27.4 Å². The zero-order valence-electron chi connectivity index (χ0n) is 11.0. The molecule has 6 nitrogen and oxygen atoms in total. The molecule has 0 spiro atoms. The van der Waals surface area contributed by atoms with Crippen molar-refractivity contribution in [3.05, 3.63) is 0 Å². The molecule has 0 aromatic rings. The highest BCUT2D eigenvalue weighted by atomic mass is 16.7. The van der Waals surface area contributed by atoms with Crippen LogP contribution in [0.3, 0.4) is 0 Å². The molecule has 1 heterocycles. The second-order valence-electron chi connectivity index (χ2n) is 5.03. The minimum absolute atomic E-state index is 0.235. The Bertz CT molecular complexity index is 282.